The Bertz CT molecular complexity index is 1600. The van der Waals surface area contributed by atoms with Crippen molar-refractivity contribution >= 4 is 29.1 Å². The van der Waals surface area contributed by atoms with E-state index in [0.717, 1.165) is 37.6 Å². The number of amides is 2. The number of nitrogens with one attached hydrogen (secondary N) is 2. The molecule has 1 saturated heterocycles. The van der Waals surface area contributed by atoms with Crippen LogP contribution in [0.15, 0.2) is 48.7 Å². The summed E-state index contributed by atoms with van der Waals surface area (Å²) < 4.78 is 41.9. The summed E-state index contributed by atoms with van der Waals surface area (Å²) in [5, 5.41) is 5.62. The summed E-state index contributed by atoms with van der Waals surface area (Å²) in [4.78, 5) is 33.6. The van der Waals surface area contributed by atoms with Crippen LogP contribution in [-0.4, -0.2) is 65.9 Å². The van der Waals surface area contributed by atoms with E-state index < -0.39 is 17.6 Å². The fourth-order valence-corrected chi connectivity index (χ4v) is 4.95. The van der Waals surface area contributed by atoms with E-state index in [1.165, 1.54) is 18.3 Å². The van der Waals surface area contributed by atoms with E-state index >= 15 is 0 Å². The highest BCUT2D eigenvalue weighted by atomic mass is 35.5. The maximum Gasteiger partial charge on any atom is 0.416 e. The number of carbonyl (C=O) groups excluding carboxylic acids is 2. The molecule has 224 valence electrons. The van der Waals surface area contributed by atoms with Crippen LogP contribution >= 0.6 is 11.6 Å². The Morgan fingerprint density at radius 3 is 2.44 bits per heavy atom. The number of piperazine rings is 1. The van der Waals surface area contributed by atoms with Gasteiger partial charge in [-0.3, -0.25) is 14.5 Å². The predicted molar refractivity (Wildman–Crippen MR) is 159 cm³/mol. The van der Waals surface area contributed by atoms with Crippen LogP contribution in [0, 0.1) is 18.8 Å². The molecule has 2 fully saturated rings. The van der Waals surface area contributed by atoms with Gasteiger partial charge in [-0.15, -0.1) is 0 Å². The van der Waals surface area contributed by atoms with Gasteiger partial charge in [0, 0.05) is 67.3 Å². The molecule has 2 heterocycles. The topological polar surface area (TPSA) is 77.6 Å². The lowest BCUT2D eigenvalue weighted by Crippen LogP contribution is -2.44. The smallest absolute Gasteiger partial charge is 0.348 e. The lowest BCUT2D eigenvalue weighted by molar-refractivity contribution is -0.138. The number of hydrogen-bond acceptors (Lipinski definition) is 5. The van der Waals surface area contributed by atoms with E-state index in [1.807, 2.05) is 18.9 Å². The van der Waals surface area contributed by atoms with Crippen LogP contribution in [0.5, 0.6) is 0 Å². The van der Waals surface area contributed by atoms with Gasteiger partial charge in [0.25, 0.3) is 11.8 Å². The van der Waals surface area contributed by atoms with E-state index in [4.69, 9.17) is 11.6 Å². The van der Waals surface area contributed by atoms with Crippen molar-refractivity contribution in [3.05, 3.63) is 92.8 Å². The van der Waals surface area contributed by atoms with Gasteiger partial charge < -0.3 is 15.5 Å². The molecule has 7 nitrogen and oxygen atoms in total. The number of halogens is 4. The van der Waals surface area contributed by atoms with Crippen molar-refractivity contribution in [2.75, 3.05) is 38.5 Å². The zero-order chi connectivity index (χ0) is 30.7. The lowest BCUT2D eigenvalue weighted by Gasteiger charge is -2.33. The molecule has 1 aliphatic carbocycles. The molecule has 0 atom stereocenters. The highest BCUT2D eigenvalue weighted by molar-refractivity contribution is 6.33. The molecule has 43 heavy (non-hydrogen) atoms. The summed E-state index contributed by atoms with van der Waals surface area (Å²) in [6.45, 7) is 5.00. The van der Waals surface area contributed by atoms with Gasteiger partial charge in [0.1, 0.15) is 5.69 Å². The van der Waals surface area contributed by atoms with Crippen LogP contribution in [0.4, 0.5) is 18.9 Å². The molecule has 11 heteroatoms. The minimum Gasteiger partial charge on any atom is -0.348 e. The Kier molecular flexibility index (Phi) is 9.06. The molecule has 2 amide bonds. The number of benzene rings is 2. The fourth-order valence-electron chi connectivity index (χ4n) is 4.70. The molecule has 2 aliphatic rings. The van der Waals surface area contributed by atoms with Crippen molar-refractivity contribution in [2.45, 2.75) is 38.5 Å². The Morgan fingerprint density at radius 1 is 1.02 bits per heavy atom. The quantitative estimate of drug-likeness (QED) is 0.368. The summed E-state index contributed by atoms with van der Waals surface area (Å²) in [6, 6.07) is 10.5. The number of anilines is 1. The number of hydrogen-bond donors (Lipinski definition) is 2. The highest BCUT2D eigenvalue weighted by Gasteiger charge is 2.34. The van der Waals surface area contributed by atoms with Crippen molar-refractivity contribution < 1.29 is 22.8 Å². The Morgan fingerprint density at radius 2 is 1.77 bits per heavy atom. The van der Waals surface area contributed by atoms with Gasteiger partial charge >= 0.3 is 6.18 Å². The van der Waals surface area contributed by atoms with Crippen molar-refractivity contribution in [3.63, 3.8) is 0 Å². The first-order chi connectivity index (χ1) is 20.5. The van der Waals surface area contributed by atoms with Crippen LogP contribution in [0.3, 0.4) is 0 Å². The summed E-state index contributed by atoms with van der Waals surface area (Å²) in [5.74, 6) is 5.07. The third-order valence-corrected chi connectivity index (χ3v) is 7.76. The fraction of sp³-hybridized carbons (Fsp3) is 0.344. The first-order valence-corrected chi connectivity index (χ1v) is 14.4. The molecule has 5 rings (SSSR count). The number of aromatic nitrogens is 1. The van der Waals surface area contributed by atoms with E-state index in [1.54, 1.807) is 24.3 Å². The van der Waals surface area contributed by atoms with Crippen molar-refractivity contribution in [1.29, 1.82) is 0 Å². The molecule has 1 aliphatic heterocycles. The number of alkyl halides is 3. The number of carbonyl (C=O) groups is 2. The monoisotopic (exact) mass is 609 g/mol. The summed E-state index contributed by atoms with van der Waals surface area (Å²) in [7, 11) is 1.99. The minimum absolute atomic E-state index is 0.0548. The first kappa shape index (κ1) is 30.5. The van der Waals surface area contributed by atoms with Crippen molar-refractivity contribution in [1.82, 2.24) is 20.1 Å². The molecule has 2 aromatic carbocycles. The summed E-state index contributed by atoms with van der Waals surface area (Å²) in [6.07, 6.45) is -1.22. The van der Waals surface area contributed by atoms with Crippen LogP contribution < -0.4 is 10.6 Å². The average molecular weight is 610 g/mol. The molecule has 0 radical (unpaired) electrons. The van der Waals surface area contributed by atoms with Crippen LogP contribution in [-0.2, 0) is 12.7 Å². The summed E-state index contributed by atoms with van der Waals surface area (Å²) in [5.41, 5.74) is 1.69. The van der Waals surface area contributed by atoms with E-state index in [9.17, 15) is 22.8 Å². The predicted octanol–water partition coefficient (Wildman–Crippen LogP) is 5.35. The number of pyridine rings is 1. The highest BCUT2D eigenvalue weighted by Crippen LogP contribution is 2.35. The normalized spacial score (nSPS) is 15.9. The first-order valence-electron chi connectivity index (χ1n) is 14.0. The van der Waals surface area contributed by atoms with Crippen LogP contribution in [0.25, 0.3) is 0 Å². The molecular formula is C32H31ClF3N5O2. The van der Waals surface area contributed by atoms with Gasteiger partial charge in [-0.1, -0.05) is 35.6 Å². The second-order valence-electron chi connectivity index (χ2n) is 11.0. The minimum atomic E-state index is -4.56. The van der Waals surface area contributed by atoms with Crippen LogP contribution in [0.2, 0.25) is 5.02 Å². The maximum atomic E-state index is 14.0. The zero-order valence-electron chi connectivity index (χ0n) is 23.8. The second-order valence-corrected chi connectivity index (χ2v) is 11.4. The maximum absolute atomic E-state index is 14.0. The van der Waals surface area contributed by atoms with Gasteiger partial charge in [-0.25, -0.2) is 4.98 Å². The Hall–Kier alpha value is -3.91. The third kappa shape index (κ3) is 7.93. The van der Waals surface area contributed by atoms with Gasteiger partial charge in [0.15, 0.2) is 0 Å². The Balaban J connectivity index is 1.30. The molecular weight excluding hydrogens is 579 g/mol. The molecule has 1 aromatic heterocycles. The molecule has 2 N–H and O–H groups in total. The van der Waals surface area contributed by atoms with E-state index in [-0.39, 0.29) is 46.0 Å². The molecule has 3 aromatic rings. The second kappa shape index (κ2) is 12.8. The average Bonchev–Trinajstić information content (AvgIpc) is 3.78. The number of aryl methyl sites for hydroxylation is 1. The summed E-state index contributed by atoms with van der Waals surface area (Å²) >= 11 is 6.27. The zero-order valence-corrected chi connectivity index (χ0v) is 24.6. The molecule has 0 spiro atoms. The largest absolute Gasteiger partial charge is 0.416 e. The number of rotatable bonds is 6. The number of nitrogens with zero attached hydrogens (tertiary/aromatic N) is 3. The van der Waals surface area contributed by atoms with Gasteiger partial charge in [0.05, 0.1) is 10.6 Å². The Labute approximate surface area is 253 Å². The van der Waals surface area contributed by atoms with Crippen molar-refractivity contribution in [3.8, 4) is 11.8 Å². The van der Waals surface area contributed by atoms with Gasteiger partial charge in [0.2, 0.25) is 0 Å². The molecule has 1 saturated carbocycles. The van der Waals surface area contributed by atoms with E-state index in [0.29, 0.717) is 24.2 Å². The van der Waals surface area contributed by atoms with Gasteiger partial charge in [-0.05, 0) is 68.3 Å². The molecule has 0 unspecified atom stereocenters. The molecule has 0 bridgehead atoms. The van der Waals surface area contributed by atoms with Gasteiger partial charge in [-0.2, -0.15) is 13.2 Å². The van der Waals surface area contributed by atoms with E-state index in [2.05, 4.69) is 32.4 Å². The third-order valence-electron chi connectivity index (χ3n) is 7.47. The van der Waals surface area contributed by atoms with Crippen LogP contribution in [0.1, 0.15) is 61.5 Å². The SMILES string of the molecule is Cc1ccc(C(=O)Nc2ccc(CN3CCN(C)CC3)c(C(F)(F)F)c2)cc1C#Cc1cnc(C(=O)NC2CC2)c(Cl)c1. The number of likely N-dealkylation sites (N-methyl/N-ethyl adjacent to an activating group) is 1. The standard InChI is InChI=1S/C32H31ClF3N5O2/c1-20-3-5-23(16-22(20)6-4-21-15-28(33)29(37-18-21)31(43)38-25-9-10-25)30(42)39-26-8-7-24(27(17-26)32(34,35)36)19-41-13-11-40(2)12-14-41/h3,5,7-8,15-18,25H,9-14,19H2,1-2H3,(H,38,43)(H,39,42). The lowest BCUT2D eigenvalue weighted by atomic mass is 10.0. The van der Waals surface area contributed by atoms with Crippen molar-refractivity contribution in [2.24, 2.45) is 0 Å².